The molecule has 0 aliphatic carbocycles. The number of anilines is 1. The van der Waals surface area contributed by atoms with Gasteiger partial charge in [-0.15, -0.1) is 0 Å². The van der Waals surface area contributed by atoms with Crippen molar-refractivity contribution in [3.63, 3.8) is 0 Å². The van der Waals surface area contributed by atoms with Crippen LogP contribution in [-0.2, 0) is 11.2 Å². The molecule has 0 bridgehead atoms. The van der Waals surface area contributed by atoms with Gasteiger partial charge in [-0.2, -0.15) is 0 Å². The summed E-state index contributed by atoms with van der Waals surface area (Å²) < 4.78 is 11.4. The second kappa shape index (κ2) is 10.5. The number of aryl methyl sites for hydroxylation is 1. The molecular weight excluding hydrogens is 386 g/mol. The lowest BCUT2D eigenvalue weighted by Crippen LogP contribution is -2.30. The lowest BCUT2D eigenvalue weighted by atomic mass is 10.1. The SMILES string of the molecule is CC(Oc1ccccc1Cl)C(=O)Nc1ccc(OCCCc2ccccc2)cc1. The first-order valence-electron chi connectivity index (χ1n) is 9.60. The highest BCUT2D eigenvalue weighted by Gasteiger charge is 2.16. The Morgan fingerprint density at radius 3 is 2.38 bits per heavy atom. The Labute approximate surface area is 176 Å². The van der Waals surface area contributed by atoms with Gasteiger partial charge in [0.1, 0.15) is 11.5 Å². The van der Waals surface area contributed by atoms with Crippen molar-refractivity contribution >= 4 is 23.2 Å². The van der Waals surface area contributed by atoms with Crippen molar-refractivity contribution in [2.45, 2.75) is 25.9 Å². The van der Waals surface area contributed by atoms with Crippen LogP contribution in [0.4, 0.5) is 5.69 Å². The Morgan fingerprint density at radius 2 is 1.66 bits per heavy atom. The summed E-state index contributed by atoms with van der Waals surface area (Å²) in [6.07, 6.45) is 1.25. The van der Waals surface area contributed by atoms with Gasteiger partial charge in [0.15, 0.2) is 6.10 Å². The molecule has 1 amide bonds. The minimum Gasteiger partial charge on any atom is -0.494 e. The van der Waals surface area contributed by atoms with Gasteiger partial charge >= 0.3 is 0 Å². The molecule has 1 N–H and O–H groups in total. The molecule has 150 valence electrons. The summed E-state index contributed by atoms with van der Waals surface area (Å²) in [5.41, 5.74) is 1.99. The smallest absolute Gasteiger partial charge is 0.265 e. The first-order valence-corrected chi connectivity index (χ1v) is 9.98. The van der Waals surface area contributed by atoms with E-state index in [1.165, 1.54) is 5.56 Å². The number of nitrogens with one attached hydrogen (secondary N) is 1. The van der Waals surface area contributed by atoms with E-state index in [0.717, 1.165) is 18.6 Å². The molecule has 3 aromatic rings. The van der Waals surface area contributed by atoms with Crippen LogP contribution in [0.5, 0.6) is 11.5 Å². The van der Waals surface area contributed by atoms with Crippen molar-refractivity contribution < 1.29 is 14.3 Å². The first kappa shape index (κ1) is 20.7. The van der Waals surface area contributed by atoms with Crippen molar-refractivity contribution in [3.05, 3.63) is 89.4 Å². The Balaban J connectivity index is 1.43. The van der Waals surface area contributed by atoms with Gasteiger partial charge in [0.05, 0.1) is 11.6 Å². The van der Waals surface area contributed by atoms with Gasteiger partial charge in [-0.25, -0.2) is 0 Å². The van der Waals surface area contributed by atoms with E-state index in [2.05, 4.69) is 17.4 Å². The topological polar surface area (TPSA) is 47.6 Å². The molecule has 1 unspecified atom stereocenters. The third kappa shape index (κ3) is 6.54. The average molecular weight is 410 g/mol. The Morgan fingerprint density at radius 1 is 0.966 bits per heavy atom. The largest absolute Gasteiger partial charge is 0.494 e. The molecule has 0 aliphatic heterocycles. The first-order chi connectivity index (χ1) is 14.1. The van der Waals surface area contributed by atoms with Crippen LogP contribution in [0.15, 0.2) is 78.9 Å². The summed E-state index contributed by atoms with van der Waals surface area (Å²) in [5.74, 6) is 1.01. The van der Waals surface area contributed by atoms with E-state index in [1.807, 2.05) is 54.6 Å². The molecule has 0 aromatic heterocycles. The Bertz CT molecular complexity index is 913. The molecule has 3 rings (SSSR count). The fraction of sp³-hybridized carbons (Fsp3) is 0.208. The molecule has 4 nitrogen and oxygen atoms in total. The van der Waals surface area contributed by atoms with Gasteiger partial charge in [-0.05, 0) is 61.7 Å². The lowest BCUT2D eigenvalue weighted by molar-refractivity contribution is -0.122. The molecule has 0 aliphatic rings. The summed E-state index contributed by atoms with van der Waals surface area (Å²) >= 11 is 6.07. The van der Waals surface area contributed by atoms with Gasteiger partial charge in [0, 0.05) is 5.69 Å². The van der Waals surface area contributed by atoms with Crippen LogP contribution >= 0.6 is 11.6 Å². The van der Waals surface area contributed by atoms with Crippen LogP contribution < -0.4 is 14.8 Å². The molecule has 0 radical (unpaired) electrons. The van der Waals surface area contributed by atoms with Crippen molar-refractivity contribution in [2.75, 3.05) is 11.9 Å². The standard InChI is InChI=1S/C24H24ClNO3/c1-18(29-23-12-6-5-11-22(23)25)24(27)26-20-13-15-21(16-14-20)28-17-7-10-19-8-3-2-4-9-19/h2-6,8-9,11-16,18H,7,10,17H2,1H3,(H,26,27). The minimum atomic E-state index is -0.677. The van der Waals surface area contributed by atoms with E-state index in [0.29, 0.717) is 23.1 Å². The highest BCUT2D eigenvalue weighted by atomic mass is 35.5. The van der Waals surface area contributed by atoms with Gasteiger partial charge in [0.2, 0.25) is 0 Å². The second-order valence-corrected chi connectivity index (χ2v) is 7.05. The van der Waals surface area contributed by atoms with Crippen LogP contribution in [0.1, 0.15) is 18.9 Å². The number of rotatable bonds is 9. The molecule has 0 saturated heterocycles. The van der Waals surface area contributed by atoms with Crippen LogP contribution in [0.2, 0.25) is 5.02 Å². The summed E-state index contributed by atoms with van der Waals surface area (Å²) in [6.45, 7) is 2.33. The number of para-hydroxylation sites is 1. The van der Waals surface area contributed by atoms with E-state index in [4.69, 9.17) is 21.1 Å². The van der Waals surface area contributed by atoms with Gasteiger partial charge in [-0.3, -0.25) is 4.79 Å². The zero-order valence-electron chi connectivity index (χ0n) is 16.3. The summed E-state index contributed by atoms with van der Waals surface area (Å²) in [6, 6.07) is 24.7. The van der Waals surface area contributed by atoms with Gasteiger partial charge in [-0.1, -0.05) is 54.1 Å². The van der Waals surface area contributed by atoms with E-state index < -0.39 is 6.10 Å². The number of carbonyl (C=O) groups excluding carboxylic acids is 1. The van der Waals surface area contributed by atoms with Crippen LogP contribution in [0.3, 0.4) is 0 Å². The molecule has 3 aromatic carbocycles. The molecule has 0 heterocycles. The number of ether oxygens (including phenoxy) is 2. The second-order valence-electron chi connectivity index (χ2n) is 6.64. The molecule has 1 atom stereocenters. The number of hydrogen-bond acceptors (Lipinski definition) is 3. The molecule has 29 heavy (non-hydrogen) atoms. The van der Waals surface area contributed by atoms with E-state index in [-0.39, 0.29) is 5.91 Å². The van der Waals surface area contributed by atoms with Crippen molar-refractivity contribution in [2.24, 2.45) is 0 Å². The maximum atomic E-state index is 12.3. The average Bonchev–Trinajstić information content (AvgIpc) is 2.74. The number of amides is 1. The monoisotopic (exact) mass is 409 g/mol. The van der Waals surface area contributed by atoms with E-state index >= 15 is 0 Å². The molecular formula is C24H24ClNO3. The highest BCUT2D eigenvalue weighted by Crippen LogP contribution is 2.24. The van der Waals surface area contributed by atoms with Crippen molar-refractivity contribution in [1.82, 2.24) is 0 Å². The molecule has 0 saturated carbocycles. The number of benzene rings is 3. The van der Waals surface area contributed by atoms with Crippen LogP contribution in [-0.4, -0.2) is 18.6 Å². The normalized spacial score (nSPS) is 11.5. The van der Waals surface area contributed by atoms with E-state index in [1.54, 1.807) is 19.1 Å². The predicted octanol–water partition coefficient (Wildman–Crippen LogP) is 5.76. The molecule has 0 spiro atoms. The molecule has 5 heteroatoms. The number of carbonyl (C=O) groups is 1. The summed E-state index contributed by atoms with van der Waals surface area (Å²) in [4.78, 5) is 12.3. The summed E-state index contributed by atoms with van der Waals surface area (Å²) in [7, 11) is 0. The van der Waals surface area contributed by atoms with Gasteiger partial charge in [0.25, 0.3) is 5.91 Å². The fourth-order valence-electron chi connectivity index (χ4n) is 2.77. The van der Waals surface area contributed by atoms with Crippen LogP contribution in [0, 0.1) is 0 Å². The highest BCUT2D eigenvalue weighted by molar-refractivity contribution is 6.32. The van der Waals surface area contributed by atoms with Crippen molar-refractivity contribution in [1.29, 1.82) is 0 Å². The zero-order valence-corrected chi connectivity index (χ0v) is 17.1. The maximum absolute atomic E-state index is 12.3. The molecule has 0 fully saturated rings. The maximum Gasteiger partial charge on any atom is 0.265 e. The number of hydrogen-bond donors (Lipinski definition) is 1. The third-order valence-electron chi connectivity index (χ3n) is 4.35. The zero-order chi connectivity index (χ0) is 20.5. The van der Waals surface area contributed by atoms with Crippen LogP contribution in [0.25, 0.3) is 0 Å². The Kier molecular flexibility index (Phi) is 7.54. The minimum absolute atomic E-state index is 0.249. The van der Waals surface area contributed by atoms with Gasteiger partial charge < -0.3 is 14.8 Å². The Hall–Kier alpha value is -2.98. The fourth-order valence-corrected chi connectivity index (χ4v) is 2.95. The van der Waals surface area contributed by atoms with Crippen molar-refractivity contribution in [3.8, 4) is 11.5 Å². The lowest BCUT2D eigenvalue weighted by Gasteiger charge is -2.15. The quantitative estimate of drug-likeness (QED) is 0.457. The third-order valence-corrected chi connectivity index (χ3v) is 4.67. The summed E-state index contributed by atoms with van der Waals surface area (Å²) in [5, 5.41) is 3.31. The number of halogens is 1. The predicted molar refractivity (Wildman–Crippen MR) is 117 cm³/mol. The van der Waals surface area contributed by atoms with E-state index in [9.17, 15) is 4.79 Å².